The van der Waals surface area contributed by atoms with Gasteiger partial charge in [-0.15, -0.1) is 11.3 Å². The lowest BCUT2D eigenvalue weighted by Gasteiger charge is -2.34. The zero-order valence-corrected chi connectivity index (χ0v) is 16.3. The van der Waals surface area contributed by atoms with Gasteiger partial charge in [0.25, 0.3) is 5.91 Å². The highest BCUT2D eigenvalue weighted by Crippen LogP contribution is 2.28. The summed E-state index contributed by atoms with van der Waals surface area (Å²) < 4.78 is 0. The molecule has 0 atom stereocenters. The molecule has 0 N–H and O–H groups in total. The van der Waals surface area contributed by atoms with Gasteiger partial charge in [0.1, 0.15) is 0 Å². The maximum Gasteiger partial charge on any atom is 0.256 e. The van der Waals surface area contributed by atoms with E-state index in [-0.39, 0.29) is 5.91 Å². The third-order valence-corrected chi connectivity index (χ3v) is 6.26. The molecule has 5 nitrogen and oxygen atoms in total. The van der Waals surface area contributed by atoms with E-state index in [1.54, 1.807) is 29.7 Å². The molecule has 1 aliphatic rings. The maximum absolute atomic E-state index is 13.0. The van der Waals surface area contributed by atoms with E-state index in [1.165, 1.54) is 4.88 Å². The van der Waals surface area contributed by atoms with Gasteiger partial charge in [0.05, 0.1) is 21.8 Å². The first-order chi connectivity index (χ1) is 12.5. The van der Waals surface area contributed by atoms with Gasteiger partial charge in [-0.05, 0) is 38.1 Å². The Morgan fingerprint density at radius 2 is 1.92 bits per heavy atom. The predicted molar refractivity (Wildman–Crippen MR) is 106 cm³/mol. The van der Waals surface area contributed by atoms with Crippen LogP contribution < -0.4 is 4.90 Å². The third-order valence-electron chi connectivity index (χ3n) is 4.80. The second kappa shape index (κ2) is 6.85. The number of carbonyl (C=O) groups is 1. The number of fused-ring (bicyclic) bond motifs is 1. The first kappa shape index (κ1) is 17.2. The van der Waals surface area contributed by atoms with E-state index in [0.29, 0.717) is 29.2 Å². The Morgan fingerprint density at radius 1 is 1.15 bits per heavy atom. The smallest absolute Gasteiger partial charge is 0.256 e. The first-order valence-electron chi connectivity index (χ1n) is 8.56. The Bertz CT molecular complexity index is 959. The number of aryl methyl sites for hydroxylation is 2. The van der Waals surface area contributed by atoms with Crippen molar-refractivity contribution in [2.75, 3.05) is 31.1 Å². The van der Waals surface area contributed by atoms with E-state index < -0.39 is 0 Å². The minimum atomic E-state index is 0.0107. The lowest BCUT2D eigenvalue weighted by Crippen LogP contribution is -2.48. The van der Waals surface area contributed by atoms with Gasteiger partial charge in [0, 0.05) is 42.6 Å². The molecule has 0 unspecified atom stereocenters. The second-order valence-electron chi connectivity index (χ2n) is 6.41. The molecule has 134 valence electrons. The van der Waals surface area contributed by atoms with Crippen LogP contribution in [-0.2, 0) is 0 Å². The SMILES string of the molecule is Cc1nc(N2CCN(C(=O)c3ccc(Cl)c4cccnc34)CC2)sc1C. The highest BCUT2D eigenvalue weighted by atomic mass is 35.5. The Hall–Kier alpha value is -2.18. The Morgan fingerprint density at radius 3 is 2.62 bits per heavy atom. The summed E-state index contributed by atoms with van der Waals surface area (Å²) in [6, 6.07) is 7.28. The summed E-state index contributed by atoms with van der Waals surface area (Å²) in [5.41, 5.74) is 2.36. The van der Waals surface area contributed by atoms with Crippen molar-refractivity contribution in [1.29, 1.82) is 0 Å². The minimum Gasteiger partial charge on any atom is -0.345 e. The summed E-state index contributed by atoms with van der Waals surface area (Å²) in [6.07, 6.45) is 1.69. The van der Waals surface area contributed by atoms with E-state index in [2.05, 4.69) is 21.8 Å². The minimum absolute atomic E-state index is 0.0107. The topological polar surface area (TPSA) is 49.3 Å². The number of hydrogen-bond donors (Lipinski definition) is 0. The molecular formula is C19H19ClN4OS. The fourth-order valence-corrected chi connectivity index (χ4v) is 4.35. The predicted octanol–water partition coefficient (Wildman–Crippen LogP) is 3.92. The number of halogens is 1. The number of carbonyl (C=O) groups excluding carboxylic acids is 1. The molecule has 0 spiro atoms. The molecule has 0 saturated carbocycles. The van der Waals surface area contributed by atoms with Crippen molar-refractivity contribution in [3.63, 3.8) is 0 Å². The molecule has 1 aromatic carbocycles. The molecular weight excluding hydrogens is 368 g/mol. The van der Waals surface area contributed by atoms with Gasteiger partial charge in [-0.3, -0.25) is 9.78 Å². The maximum atomic E-state index is 13.0. The van der Waals surface area contributed by atoms with Gasteiger partial charge in [-0.1, -0.05) is 11.6 Å². The molecule has 2 aromatic heterocycles. The number of anilines is 1. The summed E-state index contributed by atoms with van der Waals surface area (Å²) in [5.74, 6) is 0.0107. The van der Waals surface area contributed by atoms with E-state index in [9.17, 15) is 4.79 Å². The zero-order chi connectivity index (χ0) is 18.3. The summed E-state index contributed by atoms with van der Waals surface area (Å²) >= 11 is 7.96. The van der Waals surface area contributed by atoms with Crippen molar-refractivity contribution < 1.29 is 4.79 Å². The summed E-state index contributed by atoms with van der Waals surface area (Å²) in [7, 11) is 0. The molecule has 0 aliphatic carbocycles. The number of pyridine rings is 1. The number of hydrogen-bond acceptors (Lipinski definition) is 5. The number of aromatic nitrogens is 2. The summed E-state index contributed by atoms with van der Waals surface area (Å²) in [6.45, 7) is 7.05. The lowest BCUT2D eigenvalue weighted by molar-refractivity contribution is 0.0748. The van der Waals surface area contributed by atoms with Crippen molar-refractivity contribution >= 4 is 44.9 Å². The molecule has 1 fully saturated rings. The van der Waals surface area contributed by atoms with Crippen LogP contribution in [0.3, 0.4) is 0 Å². The van der Waals surface area contributed by atoms with Crippen LogP contribution in [0.4, 0.5) is 5.13 Å². The van der Waals surface area contributed by atoms with Gasteiger partial charge in [-0.25, -0.2) is 4.98 Å². The Balaban J connectivity index is 1.53. The van der Waals surface area contributed by atoms with Crippen molar-refractivity contribution in [2.24, 2.45) is 0 Å². The monoisotopic (exact) mass is 386 g/mol. The lowest BCUT2D eigenvalue weighted by atomic mass is 10.1. The Labute approximate surface area is 161 Å². The highest BCUT2D eigenvalue weighted by Gasteiger charge is 2.25. The van der Waals surface area contributed by atoms with E-state index in [4.69, 9.17) is 11.6 Å². The van der Waals surface area contributed by atoms with E-state index in [0.717, 1.165) is 29.3 Å². The van der Waals surface area contributed by atoms with Crippen LogP contribution in [0.1, 0.15) is 20.9 Å². The molecule has 0 radical (unpaired) electrons. The fourth-order valence-electron chi connectivity index (χ4n) is 3.17. The summed E-state index contributed by atoms with van der Waals surface area (Å²) in [4.78, 5) is 27.4. The van der Waals surface area contributed by atoms with Crippen LogP contribution in [0, 0.1) is 13.8 Å². The largest absolute Gasteiger partial charge is 0.345 e. The van der Waals surface area contributed by atoms with E-state index in [1.807, 2.05) is 24.0 Å². The van der Waals surface area contributed by atoms with Crippen LogP contribution in [-0.4, -0.2) is 47.0 Å². The summed E-state index contributed by atoms with van der Waals surface area (Å²) in [5, 5.41) is 2.47. The van der Waals surface area contributed by atoms with Crippen LogP contribution in [0.5, 0.6) is 0 Å². The van der Waals surface area contributed by atoms with Gasteiger partial charge in [0.15, 0.2) is 5.13 Å². The quantitative estimate of drug-likeness (QED) is 0.669. The van der Waals surface area contributed by atoms with Gasteiger partial charge < -0.3 is 9.80 Å². The Kier molecular flexibility index (Phi) is 4.54. The average Bonchev–Trinajstić information content (AvgIpc) is 3.01. The number of nitrogens with zero attached hydrogens (tertiary/aromatic N) is 4. The van der Waals surface area contributed by atoms with Gasteiger partial charge in [-0.2, -0.15) is 0 Å². The van der Waals surface area contributed by atoms with E-state index >= 15 is 0 Å². The van der Waals surface area contributed by atoms with Crippen LogP contribution in [0.15, 0.2) is 30.5 Å². The molecule has 1 saturated heterocycles. The van der Waals surface area contributed by atoms with Crippen molar-refractivity contribution in [1.82, 2.24) is 14.9 Å². The molecule has 1 aliphatic heterocycles. The molecule has 7 heteroatoms. The highest BCUT2D eigenvalue weighted by molar-refractivity contribution is 7.15. The average molecular weight is 387 g/mol. The van der Waals surface area contributed by atoms with Crippen LogP contribution in [0.25, 0.3) is 10.9 Å². The van der Waals surface area contributed by atoms with Gasteiger partial charge in [0.2, 0.25) is 0 Å². The number of thiazole rings is 1. The van der Waals surface area contributed by atoms with Crippen molar-refractivity contribution in [3.05, 3.63) is 51.6 Å². The van der Waals surface area contributed by atoms with Crippen molar-refractivity contribution in [3.8, 4) is 0 Å². The molecule has 3 aromatic rings. The normalized spacial score (nSPS) is 14.9. The molecule has 3 heterocycles. The fraction of sp³-hybridized carbons (Fsp3) is 0.316. The second-order valence-corrected chi connectivity index (χ2v) is 8.00. The molecule has 4 rings (SSSR count). The zero-order valence-electron chi connectivity index (χ0n) is 14.7. The first-order valence-corrected chi connectivity index (χ1v) is 9.75. The number of rotatable bonds is 2. The third kappa shape index (κ3) is 3.04. The van der Waals surface area contributed by atoms with Crippen LogP contribution in [0.2, 0.25) is 5.02 Å². The number of benzene rings is 1. The molecule has 26 heavy (non-hydrogen) atoms. The standard InChI is InChI=1S/C19H19ClN4OS/c1-12-13(2)26-19(22-12)24-10-8-23(9-11-24)18(25)15-5-6-16(20)14-4-3-7-21-17(14)15/h3-7H,8-11H2,1-2H3. The van der Waals surface area contributed by atoms with Gasteiger partial charge >= 0.3 is 0 Å². The van der Waals surface area contributed by atoms with Crippen molar-refractivity contribution in [2.45, 2.75) is 13.8 Å². The number of amides is 1. The molecule has 1 amide bonds. The van der Waals surface area contributed by atoms with Crippen LogP contribution >= 0.6 is 22.9 Å². The number of piperazine rings is 1. The molecule has 0 bridgehead atoms.